The molecule has 0 rings (SSSR count). The molecule has 0 saturated heterocycles. The van der Waals surface area contributed by atoms with E-state index in [1.54, 1.807) is 0 Å². The third-order valence-electron chi connectivity index (χ3n) is 2.43. The number of hydrogen-bond acceptors (Lipinski definition) is 1. The highest BCUT2D eigenvalue weighted by molar-refractivity contribution is 4.87. The Bertz CT molecular complexity index is 174. The number of rotatable bonds is 2. The van der Waals surface area contributed by atoms with Crippen LogP contribution in [-0.2, 0) is 5.21 Å². The summed E-state index contributed by atoms with van der Waals surface area (Å²) < 4.78 is 0. The molecule has 0 spiro atoms. The van der Waals surface area contributed by atoms with Gasteiger partial charge in [0, 0.05) is 11.6 Å². The molecule has 0 bridgehead atoms. The molecule has 0 saturated carbocycles. The van der Waals surface area contributed by atoms with Crippen LogP contribution in [-0.4, -0.2) is 16.6 Å². The Morgan fingerprint density at radius 1 is 0.929 bits per heavy atom. The van der Waals surface area contributed by atoms with E-state index in [0.29, 0.717) is 5.92 Å². The average Bonchev–Trinajstić information content (AvgIpc) is 1.79. The minimum atomic E-state index is -0.303. The molecule has 0 heterocycles. The van der Waals surface area contributed by atoms with Gasteiger partial charge in [-0.25, -0.2) is 0 Å². The summed E-state index contributed by atoms with van der Waals surface area (Å²) in [6.07, 6.45) is 0. The van der Waals surface area contributed by atoms with Gasteiger partial charge in [0.15, 0.2) is 0 Å². The summed E-state index contributed by atoms with van der Waals surface area (Å²) in [4.78, 5) is 0. The van der Waals surface area contributed by atoms with Crippen molar-refractivity contribution in [3.63, 3.8) is 0 Å². The van der Waals surface area contributed by atoms with E-state index in [4.69, 9.17) is 0 Å². The Labute approximate surface area is 89.3 Å². The van der Waals surface area contributed by atoms with Crippen LogP contribution in [0.15, 0.2) is 0 Å². The quantitative estimate of drug-likeness (QED) is 0.626. The van der Waals surface area contributed by atoms with Crippen LogP contribution in [0, 0.1) is 11.3 Å². The highest BCUT2D eigenvalue weighted by atomic mass is 16.5. The molecule has 2 nitrogen and oxygen atoms in total. The maximum absolute atomic E-state index is 12.2. The van der Waals surface area contributed by atoms with Crippen LogP contribution >= 0.6 is 0 Å². The molecule has 0 aliphatic heterocycles. The molecular formula is C12H26NO. The average molecular weight is 200 g/mol. The van der Waals surface area contributed by atoms with E-state index in [-0.39, 0.29) is 17.0 Å². The van der Waals surface area contributed by atoms with E-state index >= 15 is 0 Å². The van der Waals surface area contributed by atoms with Crippen molar-refractivity contribution >= 4 is 0 Å². The van der Waals surface area contributed by atoms with Crippen LogP contribution in [0.5, 0.6) is 0 Å². The first-order valence-electron chi connectivity index (χ1n) is 5.44. The zero-order chi connectivity index (χ0) is 11.7. The van der Waals surface area contributed by atoms with E-state index in [0.717, 1.165) is 0 Å². The van der Waals surface area contributed by atoms with Gasteiger partial charge in [-0.3, -0.25) is 0 Å². The molecule has 0 aromatic rings. The first-order valence-corrected chi connectivity index (χ1v) is 5.44. The topological polar surface area (TPSA) is 23.1 Å². The van der Waals surface area contributed by atoms with Crippen molar-refractivity contribution in [2.24, 2.45) is 11.3 Å². The SMILES string of the molecule is CC(C)C(N([O])C(C)(C)C)C(C)(C)C. The van der Waals surface area contributed by atoms with Gasteiger partial charge in [0.1, 0.15) is 0 Å². The minimum Gasteiger partial charge on any atom is -0.146 e. The first kappa shape index (κ1) is 13.9. The summed E-state index contributed by atoms with van der Waals surface area (Å²) in [6.45, 7) is 16.6. The third-order valence-corrected chi connectivity index (χ3v) is 2.43. The third kappa shape index (κ3) is 3.58. The molecule has 0 aliphatic carbocycles. The molecule has 0 fully saturated rings. The number of hydroxylamine groups is 2. The summed E-state index contributed by atoms with van der Waals surface area (Å²) in [5.74, 6) is 0.381. The van der Waals surface area contributed by atoms with Gasteiger partial charge in [-0.15, -0.1) is 10.3 Å². The van der Waals surface area contributed by atoms with Gasteiger partial charge >= 0.3 is 0 Å². The van der Waals surface area contributed by atoms with E-state index in [9.17, 15) is 5.21 Å². The predicted molar refractivity (Wildman–Crippen MR) is 60.4 cm³/mol. The van der Waals surface area contributed by atoms with Gasteiger partial charge in [0.2, 0.25) is 0 Å². The number of nitrogens with zero attached hydrogens (tertiary/aromatic N) is 1. The van der Waals surface area contributed by atoms with Crippen molar-refractivity contribution in [1.82, 2.24) is 5.06 Å². The van der Waals surface area contributed by atoms with Crippen LogP contribution in [0.25, 0.3) is 0 Å². The van der Waals surface area contributed by atoms with Gasteiger partial charge in [-0.1, -0.05) is 34.6 Å². The summed E-state index contributed by atoms with van der Waals surface area (Å²) in [7, 11) is 0. The summed E-state index contributed by atoms with van der Waals surface area (Å²) in [5, 5.41) is 13.4. The zero-order valence-corrected chi connectivity index (χ0v) is 11.0. The van der Waals surface area contributed by atoms with Crippen molar-refractivity contribution in [2.45, 2.75) is 67.0 Å². The van der Waals surface area contributed by atoms with Crippen LogP contribution in [0.2, 0.25) is 0 Å². The van der Waals surface area contributed by atoms with E-state index in [1.807, 2.05) is 20.8 Å². The maximum Gasteiger partial charge on any atom is 0.0460 e. The Balaban J connectivity index is 4.86. The Morgan fingerprint density at radius 2 is 1.29 bits per heavy atom. The Hall–Kier alpha value is -0.0800. The molecule has 0 aromatic heterocycles. The summed E-state index contributed by atoms with van der Waals surface area (Å²) >= 11 is 0. The second-order valence-electron chi connectivity index (χ2n) is 6.55. The van der Waals surface area contributed by atoms with Crippen molar-refractivity contribution < 1.29 is 5.21 Å². The van der Waals surface area contributed by atoms with Crippen LogP contribution in [0.3, 0.4) is 0 Å². The smallest absolute Gasteiger partial charge is 0.0460 e. The first-order chi connectivity index (χ1) is 5.98. The van der Waals surface area contributed by atoms with Crippen molar-refractivity contribution in [1.29, 1.82) is 0 Å². The maximum atomic E-state index is 12.2. The normalized spacial score (nSPS) is 16.5. The fraction of sp³-hybridized carbons (Fsp3) is 1.00. The van der Waals surface area contributed by atoms with Crippen LogP contribution < -0.4 is 0 Å². The van der Waals surface area contributed by atoms with Gasteiger partial charge < -0.3 is 0 Å². The monoisotopic (exact) mass is 200 g/mol. The van der Waals surface area contributed by atoms with Gasteiger partial charge in [-0.05, 0) is 32.1 Å². The molecule has 1 unspecified atom stereocenters. The Kier molecular flexibility index (Phi) is 4.17. The second kappa shape index (κ2) is 4.19. The number of hydrogen-bond donors (Lipinski definition) is 0. The molecule has 85 valence electrons. The van der Waals surface area contributed by atoms with Gasteiger partial charge in [0.25, 0.3) is 0 Å². The van der Waals surface area contributed by atoms with Crippen LogP contribution in [0.1, 0.15) is 55.4 Å². The van der Waals surface area contributed by atoms with E-state index in [1.165, 1.54) is 5.06 Å². The highest BCUT2D eigenvalue weighted by Gasteiger charge is 2.38. The van der Waals surface area contributed by atoms with Gasteiger partial charge in [0.05, 0.1) is 0 Å². The lowest BCUT2D eigenvalue weighted by atomic mass is 9.78. The molecule has 0 N–H and O–H groups in total. The molecule has 1 atom stereocenters. The largest absolute Gasteiger partial charge is 0.146 e. The highest BCUT2D eigenvalue weighted by Crippen LogP contribution is 2.33. The predicted octanol–water partition coefficient (Wildman–Crippen LogP) is 3.50. The fourth-order valence-electron chi connectivity index (χ4n) is 2.04. The lowest BCUT2D eigenvalue weighted by Crippen LogP contribution is -2.52. The second-order valence-corrected chi connectivity index (χ2v) is 6.55. The molecule has 1 radical (unpaired) electrons. The lowest BCUT2D eigenvalue weighted by Gasteiger charge is -2.43. The summed E-state index contributed by atoms with van der Waals surface area (Å²) in [6, 6.07) is 0.0718. The standard InChI is InChI=1S/C12H26NO/c1-9(2)10(11(3,4)5)13(14)12(6,7)8/h9-10H,1-8H3. The van der Waals surface area contributed by atoms with Gasteiger partial charge in [-0.2, -0.15) is 0 Å². The van der Waals surface area contributed by atoms with Crippen molar-refractivity contribution in [3.8, 4) is 0 Å². The zero-order valence-electron chi connectivity index (χ0n) is 11.0. The molecule has 14 heavy (non-hydrogen) atoms. The lowest BCUT2D eigenvalue weighted by molar-refractivity contribution is -0.266. The molecular weight excluding hydrogens is 174 g/mol. The van der Waals surface area contributed by atoms with Crippen LogP contribution in [0.4, 0.5) is 0 Å². The van der Waals surface area contributed by atoms with E-state index < -0.39 is 0 Å². The Morgan fingerprint density at radius 3 is 1.36 bits per heavy atom. The molecule has 0 aromatic carbocycles. The molecule has 2 heteroatoms. The van der Waals surface area contributed by atoms with Crippen molar-refractivity contribution in [3.05, 3.63) is 0 Å². The molecule has 0 amide bonds. The molecule has 0 aliphatic rings. The van der Waals surface area contributed by atoms with Crippen molar-refractivity contribution in [2.75, 3.05) is 0 Å². The van der Waals surface area contributed by atoms with E-state index in [2.05, 4.69) is 34.6 Å². The fourth-order valence-corrected chi connectivity index (χ4v) is 2.04. The minimum absolute atomic E-state index is 0.0309. The summed E-state index contributed by atoms with van der Waals surface area (Å²) in [5.41, 5.74) is -0.272.